The van der Waals surface area contributed by atoms with E-state index in [1.807, 2.05) is 39.8 Å². The Kier molecular flexibility index (Phi) is 5.10. The Bertz CT molecular complexity index is 654. The summed E-state index contributed by atoms with van der Waals surface area (Å²) in [6, 6.07) is 2.99. The normalized spacial score (nSPS) is 12.9. The number of hydrogen-bond donors (Lipinski definition) is 2. The minimum Gasteiger partial charge on any atom is -0.464 e. The van der Waals surface area contributed by atoms with Gasteiger partial charge in [0.15, 0.2) is 0 Å². The Morgan fingerprint density at radius 1 is 1.43 bits per heavy atom. The molecule has 2 heterocycles. The van der Waals surface area contributed by atoms with Crippen LogP contribution in [-0.4, -0.2) is 29.5 Å². The van der Waals surface area contributed by atoms with Crippen molar-refractivity contribution >= 4 is 11.7 Å². The van der Waals surface area contributed by atoms with Gasteiger partial charge in [-0.05, 0) is 39.8 Å². The Hall–Kier alpha value is -2.28. The molecular formula is C16H24N4O3. The number of carbonyl (C=O) groups excluding carboxylic acids is 1. The van der Waals surface area contributed by atoms with Crippen LogP contribution < -0.4 is 10.6 Å². The fourth-order valence-electron chi connectivity index (χ4n) is 2.08. The summed E-state index contributed by atoms with van der Waals surface area (Å²) in [4.78, 5) is 12.2. The largest absolute Gasteiger partial charge is 0.464 e. The molecule has 23 heavy (non-hydrogen) atoms. The molecule has 0 aliphatic heterocycles. The molecule has 0 aliphatic rings. The van der Waals surface area contributed by atoms with Crippen LogP contribution in [0.3, 0.4) is 0 Å². The third kappa shape index (κ3) is 4.59. The molecule has 0 unspecified atom stereocenters. The maximum atomic E-state index is 12.2. The van der Waals surface area contributed by atoms with Crippen LogP contribution >= 0.6 is 0 Å². The van der Waals surface area contributed by atoms with Gasteiger partial charge in [0.1, 0.15) is 17.6 Å². The minimum absolute atomic E-state index is 0.138. The van der Waals surface area contributed by atoms with Gasteiger partial charge in [0.25, 0.3) is 0 Å². The molecule has 0 aromatic carbocycles. The van der Waals surface area contributed by atoms with Gasteiger partial charge in [-0.2, -0.15) is 5.10 Å². The zero-order valence-electron chi connectivity index (χ0n) is 14.2. The van der Waals surface area contributed by atoms with E-state index in [4.69, 9.17) is 9.15 Å². The van der Waals surface area contributed by atoms with Gasteiger partial charge in [-0.1, -0.05) is 0 Å². The van der Waals surface area contributed by atoms with Crippen LogP contribution in [0, 0.1) is 6.92 Å². The number of anilines is 1. The van der Waals surface area contributed by atoms with Crippen LogP contribution in [0.25, 0.3) is 0 Å². The van der Waals surface area contributed by atoms with Gasteiger partial charge in [0.2, 0.25) is 0 Å². The fourth-order valence-corrected chi connectivity index (χ4v) is 2.08. The van der Waals surface area contributed by atoms with Crippen LogP contribution in [0.2, 0.25) is 0 Å². The predicted molar refractivity (Wildman–Crippen MR) is 87.4 cm³/mol. The number of amides is 2. The highest BCUT2D eigenvalue weighted by Gasteiger charge is 2.19. The lowest BCUT2D eigenvalue weighted by Crippen LogP contribution is -2.34. The molecule has 7 nitrogen and oxygen atoms in total. The van der Waals surface area contributed by atoms with Gasteiger partial charge < -0.3 is 19.8 Å². The number of nitrogens with zero attached hydrogens (tertiary/aromatic N) is 2. The van der Waals surface area contributed by atoms with Crippen molar-refractivity contribution in [2.45, 2.75) is 39.3 Å². The van der Waals surface area contributed by atoms with Crippen molar-refractivity contribution in [1.82, 2.24) is 15.1 Å². The van der Waals surface area contributed by atoms with Crippen molar-refractivity contribution in [1.29, 1.82) is 0 Å². The van der Waals surface area contributed by atoms with E-state index in [1.165, 1.54) is 0 Å². The smallest absolute Gasteiger partial charge is 0.320 e. The summed E-state index contributed by atoms with van der Waals surface area (Å²) >= 11 is 0. The van der Waals surface area contributed by atoms with Gasteiger partial charge in [-0.15, -0.1) is 0 Å². The molecule has 0 saturated heterocycles. The molecule has 0 saturated carbocycles. The number of nitrogens with one attached hydrogen (secondary N) is 2. The second kappa shape index (κ2) is 6.87. The zero-order chi connectivity index (χ0) is 17.0. The average Bonchev–Trinajstić information content (AvgIpc) is 3.06. The predicted octanol–water partition coefficient (Wildman–Crippen LogP) is 3.05. The number of furan rings is 1. The van der Waals surface area contributed by atoms with Crippen LogP contribution in [-0.2, 0) is 10.3 Å². The first-order chi connectivity index (χ1) is 10.8. The first kappa shape index (κ1) is 17.1. The van der Waals surface area contributed by atoms with Crippen molar-refractivity contribution in [2.75, 3.05) is 19.0 Å². The quantitative estimate of drug-likeness (QED) is 0.887. The Morgan fingerprint density at radius 3 is 2.70 bits per heavy atom. The van der Waals surface area contributed by atoms with E-state index in [0.717, 1.165) is 5.76 Å². The standard InChI is InChI=1S/C16H24N4O3/c1-11-6-7-14(23-11)13(10-22-5)19-15(21)18-12-8-17-20(9-12)16(2,3)4/h6-9,13H,10H2,1-5H3,(H2,18,19,21)/t13-/m1/s1. The molecule has 2 amide bonds. The number of aromatic nitrogens is 2. The molecule has 2 aromatic rings. The number of carbonyl (C=O) groups is 1. The first-order valence-electron chi connectivity index (χ1n) is 7.47. The van der Waals surface area contributed by atoms with Crippen molar-refractivity contribution in [3.63, 3.8) is 0 Å². The number of hydrogen-bond acceptors (Lipinski definition) is 4. The number of ether oxygens (including phenoxy) is 1. The maximum absolute atomic E-state index is 12.2. The third-order valence-electron chi connectivity index (χ3n) is 3.27. The van der Waals surface area contributed by atoms with E-state index in [-0.39, 0.29) is 17.6 Å². The lowest BCUT2D eigenvalue weighted by Gasteiger charge is -2.18. The van der Waals surface area contributed by atoms with E-state index < -0.39 is 0 Å². The van der Waals surface area contributed by atoms with E-state index >= 15 is 0 Å². The summed E-state index contributed by atoms with van der Waals surface area (Å²) in [6.07, 6.45) is 3.41. The van der Waals surface area contributed by atoms with Crippen molar-refractivity contribution in [3.05, 3.63) is 36.0 Å². The van der Waals surface area contributed by atoms with Gasteiger partial charge in [0, 0.05) is 13.3 Å². The van der Waals surface area contributed by atoms with E-state index in [2.05, 4.69) is 15.7 Å². The van der Waals surface area contributed by atoms with E-state index in [0.29, 0.717) is 18.1 Å². The summed E-state index contributed by atoms with van der Waals surface area (Å²) in [5, 5.41) is 9.86. The summed E-state index contributed by atoms with van der Waals surface area (Å²) in [5.74, 6) is 1.44. The summed E-state index contributed by atoms with van der Waals surface area (Å²) < 4.78 is 12.5. The Labute approximate surface area is 136 Å². The molecule has 7 heteroatoms. The number of rotatable bonds is 5. The van der Waals surface area contributed by atoms with Gasteiger partial charge in [-0.25, -0.2) is 4.79 Å². The fraction of sp³-hybridized carbons (Fsp3) is 0.500. The number of methoxy groups -OCH3 is 1. The summed E-state index contributed by atoms with van der Waals surface area (Å²) in [7, 11) is 1.58. The molecule has 2 aromatic heterocycles. The Morgan fingerprint density at radius 2 is 2.17 bits per heavy atom. The highest BCUT2D eigenvalue weighted by atomic mass is 16.5. The van der Waals surface area contributed by atoms with Gasteiger partial charge in [-0.3, -0.25) is 4.68 Å². The highest BCUT2D eigenvalue weighted by Crippen LogP contribution is 2.18. The van der Waals surface area contributed by atoms with Crippen molar-refractivity contribution in [2.24, 2.45) is 0 Å². The molecule has 126 valence electrons. The lowest BCUT2D eigenvalue weighted by molar-refractivity contribution is 0.158. The summed E-state index contributed by atoms with van der Waals surface area (Å²) in [5.41, 5.74) is 0.491. The molecule has 2 rings (SSSR count). The maximum Gasteiger partial charge on any atom is 0.320 e. The zero-order valence-corrected chi connectivity index (χ0v) is 14.2. The molecule has 0 aliphatic carbocycles. The van der Waals surface area contributed by atoms with Crippen molar-refractivity contribution < 1.29 is 13.9 Å². The van der Waals surface area contributed by atoms with Crippen LogP contribution in [0.4, 0.5) is 10.5 Å². The molecule has 0 bridgehead atoms. The van der Waals surface area contributed by atoms with Gasteiger partial charge in [0.05, 0.1) is 24.0 Å². The number of aryl methyl sites for hydroxylation is 1. The average molecular weight is 320 g/mol. The second-order valence-electron chi connectivity index (χ2n) is 6.40. The first-order valence-corrected chi connectivity index (χ1v) is 7.47. The molecular weight excluding hydrogens is 296 g/mol. The lowest BCUT2D eigenvalue weighted by atomic mass is 10.1. The topological polar surface area (TPSA) is 81.3 Å². The van der Waals surface area contributed by atoms with Crippen LogP contribution in [0.15, 0.2) is 28.9 Å². The third-order valence-corrected chi connectivity index (χ3v) is 3.27. The van der Waals surface area contributed by atoms with E-state index in [9.17, 15) is 4.79 Å². The van der Waals surface area contributed by atoms with Gasteiger partial charge >= 0.3 is 6.03 Å². The second-order valence-corrected chi connectivity index (χ2v) is 6.40. The molecule has 0 radical (unpaired) electrons. The minimum atomic E-state index is -0.355. The molecule has 2 N–H and O–H groups in total. The van der Waals surface area contributed by atoms with Crippen molar-refractivity contribution in [3.8, 4) is 0 Å². The molecule has 0 fully saturated rings. The van der Waals surface area contributed by atoms with Crippen LogP contribution in [0.1, 0.15) is 38.3 Å². The highest BCUT2D eigenvalue weighted by molar-refractivity contribution is 5.89. The SMILES string of the molecule is COC[C@@H](NC(=O)Nc1cnn(C(C)(C)C)c1)c1ccc(C)o1. The number of urea groups is 1. The molecule has 0 spiro atoms. The monoisotopic (exact) mass is 320 g/mol. The Balaban J connectivity index is 2.00. The molecule has 1 atom stereocenters. The van der Waals surface area contributed by atoms with E-state index in [1.54, 1.807) is 24.2 Å². The summed E-state index contributed by atoms with van der Waals surface area (Å²) in [6.45, 7) is 8.29. The van der Waals surface area contributed by atoms with Crippen LogP contribution in [0.5, 0.6) is 0 Å².